The Kier molecular flexibility index (Phi) is 4.48. The number of aliphatic hydroxyl groups is 1. The highest BCUT2D eigenvalue weighted by Crippen LogP contribution is 2.24. The van der Waals surface area contributed by atoms with Crippen molar-refractivity contribution in [2.75, 3.05) is 33.7 Å². The lowest BCUT2D eigenvalue weighted by Gasteiger charge is -2.26. The van der Waals surface area contributed by atoms with E-state index in [2.05, 4.69) is 15.0 Å². The van der Waals surface area contributed by atoms with Crippen LogP contribution in [0.4, 0.5) is 0 Å². The van der Waals surface area contributed by atoms with Gasteiger partial charge < -0.3 is 14.5 Å². The molecule has 0 spiro atoms. The minimum absolute atomic E-state index is 0.544. The zero-order valence-corrected chi connectivity index (χ0v) is 14.0. The molecule has 6 nitrogen and oxygen atoms in total. The van der Waals surface area contributed by atoms with Gasteiger partial charge in [-0.2, -0.15) is 4.98 Å². The highest BCUT2D eigenvalue weighted by molar-refractivity contribution is 5.53. The normalized spacial score (nSPS) is 22.1. The molecule has 124 valence electrons. The lowest BCUT2D eigenvalue weighted by atomic mass is 10.0. The van der Waals surface area contributed by atoms with Crippen molar-refractivity contribution >= 4 is 0 Å². The zero-order valence-electron chi connectivity index (χ0n) is 14.0. The fraction of sp³-hybridized carbons (Fsp3) is 0.529. The van der Waals surface area contributed by atoms with Crippen LogP contribution < -0.4 is 0 Å². The van der Waals surface area contributed by atoms with Gasteiger partial charge in [0, 0.05) is 25.2 Å². The Morgan fingerprint density at radius 1 is 1.30 bits per heavy atom. The van der Waals surface area contributed by atoms with Crippen molar-refractivity contribution < 1.29 is 9.63 Å². The van der Waals surface area contributed by atoms with Crippen LogP contribution in [-0.2, 0) is 6.54 Å². The number of hydrogen-bond donors (Lipinski definition) is 1. The van der Waals surface area contributed by atoms with Crippen LogP contribution in [0.1, 0.15) is 17.8 Å². The fourth-order valence-corrected chi connectivity index (χ4v) is 3.12. The molecule has 6 heteroatoms. The summed E-state index contributed by atoms with van der Waals surface area (Å²) in [6.45, 7) is 4.80. The lowest BCUT2D eigenvalue weighted by molar-refractivity contribution is 0.0238. The van der Waals surface area contributed by atoms with Crippen molar-refractivity contribution in [1.82, 2.24) is 19.9 Å². The number of likely N-dealkylation sites (tertiary alicyclic amines) is 1. The monoisotopic (exact) mass is 316 g/mol. The van der Waals surface area contributed by atoms with Crippen LogP contribution in [-0.4, -0.2) is 64.4 Å². The molecule has 3 rings (SSSR count). The third-order valence-electron chi connectivity index (χ3n) is 4.15. The summed E-state index contributed by atoms with van der Waals surface area (Å²) in [5, 5.41) is 14.6. The van der Waals surface area contributed by atoms with Crippen molar-refractivity contribution in [2.24, 2.45) is 0 Å². The average molecular weight is 316 g/mol. The topological polar surface area (TPSA) is 65.6 Å². The summed E-state index contributed by atoms with van der Waals surface area (Å²) in [4.78, 5) is 8.67. The molecule has 2 heterocycles. The van der Waals surface area contributed by atoms with Crippen molar-refractivity contribution in [3.05, 3.63) is 35.7 Å². The van der Waals surface area contributed by atoms with Gasteiger partial charge in [-0.15, -0.1) is 0 Å². The Hall–Kier alpha value is -1.76. The van der Waals surface area contributed by atoms with E-state index >= 15 is 0 Å². The van der Waals surface area contributed by atoms with Gasteiger partial charge in [-0.3, -0.25) is 4.90 Å². The van der Waals surface area contributed by atoms with Gasteiger partial charge in [-0.25, -0.2) is 0 Å². The summed E-state index contributed by atoms with van der Waals surface area (Å²) in [7, 11) is 3.96. The first kappa shape index (κ1) is 16.1. The Balaban J connectivity index is 1.63. The molecule has 0 aliphatic carbocycles. The molecule has 1 aliphatic heterocycles. The van der Waals surface area contributed by atoms with E-state index in [4.69, 9.17) is 4.52 Å². The maximum Gasteiger partial charge on any atom is 0.257 e. The predicted octanol–water partition coefficient (Wildman–Crippen LogP) is 1.54. The number of aryl methyl sites for hydroxylation is 1. The molecule has 0 radical (unpaired) electrons. The third-order valence-corrected chi connectivity index (χ3v) is 4.15. The summed E-state index contributed by atoms with van der Waals surface area (Å²) in [5.74, 6) is 1.21. The molecular formula is C17H24N4O2. The van der Waals surface area contributed by atoms with Gasteiger partial charge in [0.25, 0.3) is 5.89 Å². The van der Waals surface area contributed by atoms with E-state index in [1.54, 1.807) is 0 Å². The highest BCUT2D eigenvalue weighted by Gasteiger charge is 2.36. The average Bonchev–Trinajstić information content (AvgIpc) is 3.07. The van der Waals surface area contributed by atoms with Gasteiger partial charge in [0.15, 0.2) is 5.82 Å². The van der Waals surface area contributed by atoms with Gasteiger partial charge >= 0.3 is 0 Å². The van der Waals surface area contributed by atoms with Crippen LogP contribution in [0.2, 0.25) is 0 Å². The lowest BCUT2D eigenvalue weighted by Crippen LogP contribution is -2.42. The van der Waals surface area contributed by atoms with E-state index in [1.165, 1.54) is 5.56 Å². The molecule has 1 aromatic carbocycles. The summed E-state index contributed by atoms with van der Waals surface area (Å²) in [5.41, 5.74) is 1.48. The van der Waals surface area contributed by atoms with E-state index in [1.807, 2.05) is 50.2 Å². The third kappa shape index (κ3) is 3.96. The number of hydrogen-bond acceptors (Lipinski definition) is 6. The van der Waals surface area contributed by atoms with E-state index in [9.17, 15) is 5.11 Å². The van der Waals surface area contributed by atoms with Crippen molar-refractivity contribution in [2.45, 2.75) is 25.5 Å². The van der Waals surface area contributed by atoms with Gasteiger partial charge in [-0.1, -0.05) is 22.9 Å². The van der Waals surface area contributed by atoms with Crippen LogP contribution in [0.3, 0.4) is 0 Å². The molecule has 1 saturated heterocycles. The molecule has 0 saturated carbocycles. The van der Waals surface area contributed by atoms with E-state index in [0.29, 0.717) is 31.3 Å². The molecule has 1 aliphatic rings. The van der Waals surface area contributed by atoms with Gasteiger partial charge in [0.2, 0.25) is 0 Å². The SMILES string of the molecule is Cc1ccc(-c2nc(CN3CC[C@@](O)(CN(C)C)C3)no2)cc1. The molecule has 23 heavy (non-hydrogen) atoms. The molecule has 0 bridgehead atoms. The number of β-amino-alcohol motifs (C(OH)–C–C–N with tert-alkyl or cyclic N) is 1. The number of rotatable bonds is 5. The molecule has 0 unspecified atom stereocenters. The van der Waals surface area contributed by atoms with Gasteiger partial charge in [-0.05, 0) is 39.6 Å². The van der Waals surface area contributed by atoms with E-state index < -0.39 is 5.60 Å². The quantitative estimate of drug-likeness (QED) is 0.903. The standard InChI is InChI=1S/C17H24N4O2/c1-13-4-6-14(7-5-13)16-18-15(19-23-16)10-21-9-8-17(22,12-21)11-20(2)3/h4-7,22H,8-12H2,1-3H3/t17-/m1/s1. The Bertz CT molecular complexity index is 653. The van der Waals surface area contributed by atoms with Crippen LogP contribution in [0, 0.1) is 6.92 Å². The Morgan fingerprint density at radius 2 is 2.04 bits per heavy atom. The second-order valence-electron chi connectivity index (χ2n) is 6.80. The molecule has 0 amide bonds. The molecule has 1 aromatic heterocycles. The van der Waals surface area contributed by atoms with Gasteiger partial charge in [0.05, 0.1) is 12.1 Å². The minimum Gasteiger partial charge on any atom is -0.387 e. The zero-order chi connectivity index (χ0) is 16.4. The Labute approximate surface area is 136 Å². The van der Waals surface area contributed by atoms with Crippen LogP contribution in [0.15, 0.2) is 28.8 Å². The van der Waals surface area contributed by atoms with Crippen molar-refractivity contribution in [1.29, 1.82) is 0 Å². The predicted molar refractivity (Wildman–Crippen MR) is 87.9 cm³/mol. The first-order chi connectivity index (χ1) is 10.9. The fourth-order valence-electron chi connectivity index (χ4n) is 3.12. The van der Waals surface area contributed by atoms with Crippen LogP contribution >= 0.6 is 0 Å². The first-order valence-electron chi connectivity index (χ1n) is 7.93. The van der Waals surface area contributed by atoms with Crippen LogP contribution in [0.25, 0.3) is 11.5 Å². The number of nitrogens with zero attached hydrogens (tertiary/aromatic N) is 4. The van der Waals surface area contributed by atoms with Crippen LogP contribution in [0.5, 0.6) is 0 Å². The smallest absolute Gasteiger partial charge is 0.257 e. The van der Waals surface area contributed by atoms with Gasteiger partial charge in [0.1, 0.15) is 0 Å². The molecule has 1 atom stereocenters. The summed E-state index contributed by atoms with van der Waals surface area (Å²) >= 11 is 0. The van der Waals surface area contributed by atoms with E-state index in [0.717, 1.165) is 18.5 Å². The molecule has 1 N–H and O–H groups in total. The maximum absolute atomic E-state index is 10.6. The first-order valence-corrected chi connectivity index (χ1v) is 7.93. The summed E-state index contributed by atoms with van der Waals surface area (Å²) in [6.07, 6.45) is 0.772. The Morgan fingerprint density at radius 3 is 2.74 bits per heavy atom. The summed E-state index contributed by atoms with van der Waals surface area (Å²) < 4.78 is 5.36. The maximum atomic E-state index is 10.6. The largest absolute Gasteiger partial charge is 0.387 e. The second kappa shape index (κ2) is 6.39. The minimum atomic E-state index is -0.646. The number of aromatic nitrogens is 2. The number of benzene rings is 1. The number of likely N-dealkylation sites (N-methyl/N-ethyl adjacent to an activating group) is 1. The van der Waals surface area contributed by atoms with Crippen molar-refractivity contribution in [3.8, 4) is 11.5 Å². The second-order valence-corrected chi connectivity index (χ2v) is 6.80. The molecule has 2 aromatic rings. The highest BCUT2D eigenvalue weighted by atomic mass is 16.5. The molecule has 1 fully saturated rings. The van der Waals surface area contributed by atoms with E-state index in [-0.39, 0.29) is 0 Å². The summed E-state index contributed by atoms with van der Waals surface area (Å²) in [6, 6.07) is 8.03. The van der Waals surface area contributed by atoms with Crippen molar-refractivity contribution in [3.63, 3.8) is 0 Å². The molecular weight excluding hydrogens is 292 g/mol.